The Morgan fingerprint density at radius 1 is 1.07 bits per heavy atom. The summed E-state index contributed by atoms with van der Waals surface area (Å²) in [6.07, 6.45) is 1.12. The molecule has 1 heterocycles. The number of amides is 1. The van der Waals surface area contributed by atoms with Gasteiger partial charge in [-0.1, -0.05) is 35.9 Å². The standard InChI is InChI=1S/C17H12BrClN6O3/c18-11-6-2-1-5-10(11)17(26)24-23-16-14(25(27)28)15(20-9-21-16)22-13-8-4-3-7-12(13)19/h1-9H,(H,24,26)(H2,20,21,22,23). The number of benzene rings is 2. The quantitative estimate of drug-likeness (QED) is 0.368. The lowest BCUT2D eigenvalue weighted by Gasteiger charge is -2.12. The van der Waals surface area contributed by atoms with Gasteiger partial charge >= 0.3 is 5.69 Å². The summed E-state index contributed by atoms with van der Waals surface area (Å²) in [5.74, 6) is -0.762. The van der Waals surface area contributed by atoms with E-state index in [0.29, 0.717) is 20.7 Å². The van der Waals surface area contributed by atoms with Crippen LogP contribution in [0, 0.1) is 10.1 Å². The monoisotopic (exact) mass is 462 g/mol. The lowest BCUT2D eigenvalue weighted by atomic mass is 10.2. The van der Waals surface area contributed by atoms with Gasteiger partial charge in [0.15, 0.2) is 0 Å². The molecule has 11 heteroatoms. The van der Waals surface area contributed by atoms with Gasteiger partial charge in [-0.2, -0.15) is 0 Å². The van der Waals surface area contributed by atoms with Crippen molar-refractivity contribution in [2.45, 2.75) is 0 Å². The highest BCUT2D eigenvalue weighted by atomic mass is 79.9. The third-order valence-corrected chi connectivity index (χ3v) is 4.57. The fourth-order valence-electron chi connectivity index (χ4n) is 2.25. The van der Waals surface area contributed by atoms with Crippen molar-refractivity contribution in [1.29, 1.82) is 0 Å². The first kappa shape index (κ1) is 19.5. The van der Waals surface area contributed by atoms with E-state index in [2.05, 4.69) is 42.1 Å². The summed E-state index contributed by atoms with van der Waals surface area (Å²) in [6, 6.07) is 13.5. The molecule has 0 aliphatic rings. The van der Waals surface area contributed by atoms with Crippen molar-refractivity contribution in [3.63, 3.8) is 0 Å². The van der Waals surface area contributed by atoms with Gasteiger partial charge in [0.05, 0.1) is 21.2 Å². The van der Waals surface area contributed by atoms with Crippen molar-refractivity contribution in [2.24, 2.45) is 0 Å². The van der Waals surface area contributed by atoms with Crippen LogP contribution in [-0.2, 0) is 0 Å². The molecule has 2 aromatic carbocycles. The third kappa shape index (κ3) is 4.35. The van der Waals surface area contributed by atoms with Gasteiger partial charge in [-0.3, -0.25) is 25.8 Å². The van der Waals surface area contributed by atoms with E-state index >= 15 is 0 Å². The average molecular weight is 464 g/mol. The average Bonchev–Trinajstić information content (AvgIpc) is 2.68. The predicted octanol–water partition coefficient (Wildman–Crippen LogP) is 4.30. The lowest BCUT2D eigenvalue weighted by molar-refractivity contribution is -0.383. The van der Waals surface area contributed by atoms with E-state index in [1.807, 2.05) is 0 Å². The van der Waals surface area contributed by atoms with E-state index in [9.17, 15) is 14.9 Å². The number of hydrogen-bond acceptors (Lipinski definition) is 7. The third-order valence-electron chi connectivity index (χ3n) is 3.54. The molecule has 0 saturated heterocycles. The zero-order valence-electron chi connectivity index (χ0n) is 14.0. The summed E-state index contributed by atoms with van der Waals surface area (Å²) < 4.78 is 0.576. The molecule has 0 radical (unpaired) electrons. The minimum atomic E-state index is -0.661. The van der Waals surface area contributed by atoms with Gasteiger partial charge in [-0.25, -0.2) is 9.97 Å². The number of hydrogen-bond donors (Lipinski definition) is 3. The largest absolute Gasteiger partial charge is 0.355 e. The van der Waals surface area contributed by atoms with E-state index in [1.165, 1.54) is 0 Å². The van der Waals surface area contributed by atoms with Crippen molar-refractivity contribution < 1.29 is 9.72 Å². The number of rotatable bonds is 6. The van der Waals surface area contributed by atoms with Crippen LogP contribution in [-0.4, -0.2) is 20.8 Å². The number of aromatic nitrogens is 2. The Bertz CT molecular complexity index is 1050. The van der Waals surface area contributed by atoms with Gasteiger partial charge in [0.25, 0.3) is 5.91 Å². The SMILES string of the molecule is O=C(NNc1ncnc(Nc2ccccc2Cl)c1[N+](=O)[O-])c1ccccc1Br. The molecule has 0 saturated carbocycles. The molecule has 3 N–H and O–H groups in total. The molecule has 1 aromatic heterocycles. The highest BCUT2D eigenvalue weighted by molar-refractivity contribution is 9.10. The zero-order valence-corrected chi connectivity index (χ0v) is 16.4. The number of anilines is 3. The van der Waals surface area contributed by atoms with Crippen molar-refractivity contribution in [1.82, 2.24) is 15.4 Å². The van der Waals surface area contributed by atoms with Gasteiger partial charge in [-0.15, -0.1) is 0 Å². The molecule has 142 valence electrons. The second kappa shape index (κ2) is 8.63. The van der Waals surface area contributed by atoms with E-state index in [-0.39, 0.29) is 11.6 Å². The number of hydrazine groups is 1. The van der Waals surface area contributed by atoms with Gasteiger partial charge in [-0.05, 0) is 40.2 Å². The Hall–Kier alpha value is -3.24. The highest BCUT2D eigenvalue weighted by Gasteiger charge is 2.24. The van der Waals surface area contributed by atoms with Crippen molar-refractivity contribution in [2.75, 3.05) is 10.7 Å². The number of halogens is 2. The Kier molecular flexibility index (Phi) is 6.02. The fourth-order valence-corrected chi connectivity index (χ4v) is 2.90. The maximum absolute atomic E-state index is 12.3. The molecule has 1 amide bonds. The zero-order chi connectivity index (χ0) is 20.1. The first-order chi connectivity index (χ1) is 13.5. The van der Waals surface area contributed by atoms with Crippen LogP contribution in [0.25, 0.3) is 0 Å². The number of nitrogens with zero attached hydrogens (tertiary/aromatic N) is 3. The van der Waals surface area contributed by atoms with Crippen molar-refractivity contribution in [3.8, 4) is 0 Å². The molecule has 3 aromatic rings. The Labute approximate surface area is 172 Å². The van der Waals surface area contributed by atoms with E-state index < -0.39 is 16.5 Å². The Morgan fingerprint density at radius 2 is 1.75 bits per heavy atom. The number of nitrogens with one attached hydrogen (secondary N) is 3. The van der Waals surface area contributed by atoms with Gasteiger partial charge in [0, 0.05) is 4.47 Å². The van der Waals surface area contributed by atoms with Gasteiger partial charge in [0.2, 0.25) is 11.6 Å². The van der Waals surface area contributed by atoms with Crippen LogP contribution >= 0.6 is 27.5 Å². The molecular weight excluding hydrogens is 452 g/mol. The predicted molar refractivity (Wildman–Crippen MR) is 109 cm³/mol. The smallest absolute Gasteiger partial charge is 0.333 e. The molecular formula is C17H12BrClN6O3. The molecule has 0 unspecified atom stereocenters. The topological polar surface area (TPSA) is 122 Å². The maximum Gasteiger partial charge on any atom is 0.355 e. The number of carbonyl (C=O) groups is 1. The van der Waals surface area contributed by atoms with Crippen LogP contribution in [0.15, 0.2) is 59.3 Å². The van der Waals surface area contributed by atoms with Crippen LogP contribution in [0.5, 0.6) is 0 Å². The molecule has 3 rings (SSSR count). The molecule has 0 bridgehead atoms. The van der Waals surface area contributed by atoms with Crippen molar-refractivity contribution >= 4 is 56.4 Å². The number of carbonyl (C=O) groups excluding carboxylic acids is 1. The summed E-state index contributed by atoms with van der Waals surface area (Å²) in [4.78, 5) is 31.0. The van der Waals surface area contributed by atoms with E-state index in [4.69, 9.17) is 11.6 Å². The van der Waals surface area contributed by atoms with Crippen LogP contribution < -0.4 is 16.2 Å². The maximum atomic E-state index is 12.3. The second-order valence-corrected chi connectivity index (χ2v) is 6.60. The first-order valence-corrected chi connectivity index (χ1v) is 8.96. The molecule has 0 fully saturated rings. The number of para-hydroxylation sites is 1. The molecule has 0 spiro atoms. The molecule has 0 atom stereocenters. The lowest BCUT2D eigenvalue weighted by Crippen LogP contribution is -2.30. The summed E-state index contributed by atoms with van der Waals surface area (Å²) in [5, 5.41) is 14.8. The van der Waals surface area contributed by atoms with Crippen LogP contribution in [0.4, 0.5) is 23.0 Å². The van der Waals surface area contributed by atoms with Gasteiger partial charge < -0.3 is 5.32 Å². The highest BCUT2D eigenvalue weighted by Crippen LogP contribution is 2.32. The van der Waals surface area contributed by atoms with Gasteiger partial charge in [0.1, 0.15) is 6.33 Å². The molecule has 28 heavy (non-hydrogen) atoms. The minimum Gasteiger partial charge on any atom is -0.333 e. The van der Waals surface area contributed by atoms with Crippen molar-refractivity contribution in [3.05, 3.63) is 80.0 Å². The van der Waals surface area contributed by atoms with E-state index in [1.54, 1.807) is 48.5 Å². The minimum absolute atomic E-state index is 0.0780. The van der Waals surface area contributed by atoms with Crippen LogP contribution in [0.1, 0.15) is 10.4 Å². The number of nitro groups is 1. The summed E-state index contributed by atoms with van der Waals surface area (Å²) in [5.41, 5.74) is 5.20. The summed E-state index contributed by atoms with van der Waals surface area (Å²) in [6.45, 7) is 0. The van der Waals surface area contributed by atoms with Crippen LogP contribution in [0.3, 0.4) is 0 Å². The van der Waals surface area contributed by atoms with E-state index in [0.717, 1.165) is 6.33 Å². The first-order valence-electron chi connectivity index (χ1n) is 7.79. The summed E-state index contributed by atoms with van der Waals surface area (Å²) >= 11 is 9.35. The molecule has 0 aliphatic heterocycles. The normalized spacial score (nSPS) is 10.2. The molecule has 9 nitrogen and oxygen atoms in total. The fraction of sp³-hybridized carbons (Fsp3) is 0. The Morgan fingerprint density at radius 3 is 2.46 bits per heavy atom. The second-order valence-electron chi connectivity index (χ2n) is 5.34. The Balaban J connectivity index is 1.85. The van der Waals surface area contributed by atoms with Crippen LogP contribution in [0.2, 0.25) is 5.02 Å². The molecule has 0 aliphatic carbocycles. The summed E-state index contributed by atoms with van der Waals surface area (Å²) in [7, 11) is 0.